The van der Waals surface area contributed by atoms with Crippen molar-refractivity contribution in [2.45, 2.75) is 12.8 Å². The quantitative estimate of drug-likeness (QED) is 0.587. The fraction of sp³-hybridized carbons (Fsp3) is 0.154. The van der Waals surface area contributed by atoms with Crippen LogP contribution in [0, 0.1) is 0 Å². The van der Waals surface area contributed by atoms with Gasteiger partial charge in [-0.15, -0.1) is 0 Å². The zero-order valence-electron chi connectivity index (χ0n) is 10.5. The lowest BCUT2D eigenvalue weighted by atomic mass is 10.1. The molecule has 108 valence electrons. The summed E-state index contributed by atoms with van der Waals surface area (Å²) in [5.74, 6) is -3.48. The Kier molecular flexibility index (Phi) is 3.79. The van der Waals surface area contributed by atoms with Gasteiger partial charge in [-0.25, -0.2) is 14.4 Å². The molecule has 0 unspecified atom stereocenters. The van der Waals surface area contributed by atoms with Crippen LogP contribution in [0.3, 0.4) is 0 Å². The van der Waals surface area contributed by atoms with Gasteiger partial charge in [0.1, 0.15) is 0 Å². The highest BCUT2D eigenvalue weighted by Crippen LogP contribution is 2.20. The van der Waals surface area contributed by atoms with E-state index in [0.29, 0.717) is 0 Å². The number of rotatable bonds is 1. The molecule has 0 saturated carbocycles. The van der Waals surface area contributed by atoms with Gasteiger partial charge < -0.3 is 14.6 Å². The molecular weight excluding hydrogens is 284 g/mol. The second-order valence-corrected chi connectivity index (χ2v) is 4.09. The Morgan fingerprint density at radius 1 is 0.905 bits per heavy atom. The molecule has 0 atom stereocenters. The number of carboxylic acids is 1. The van der Waals surface area contributed by atoms with Crippen LogP contribution in [-0.4, -0.2) is 35.0 Å². The molecule has 2 heterocycles. The van der Waals surface area contributed by atoms with Crippen LogP contribution >= 0.6 is 0 Å². The number of ether oxygens (including phenoxy) is 2. The monoisotopic (exact) mass is 292 g/mol. The number of carboxylic acid groups (broad SMARTS) is 1. The van der Waals surface area contributed by atoms with E-state index in [2.05, 4.69) is 9.47 Å². The Bertz CT molecular complexity index is 659. The molecule has 0 aliphatic carbocycles. The first-order valence-electron chi connectivity index (χ1n) is 5.76. The van der Waals surface area contributed by atoms with E-state index < -0.39 is 29.8 Å². The van der Waals surface area contributed by atoms with Crippen LogP contribution in [0.25, 0.3) is 0 Å². The lowest BCUT2D eigenvalue weighted by molar-refractivity contribution is -0.151. The van der Waals surface area contributed by atoms with Crippen molar-refractivity contribution in [2.75, 3.05) is 0 Å². The van der Waals surface area contributed by atoms with Crippen LogP contribution in [0.4, 0.5) is 0 Å². The molecule has 2 aliphatic rings. The topological polar surface area (TPSA) is 124 Å². The van der Waals surface area contributed by atoms with Crippen LogP contribution < -0.4 is 0 Å². The predicted octanol–water partition coefficient (Wildman–Crippen LogP) is 0.545. The molecule has 1 aromatic carbocycles. The number of hydrogen-bond acceptors (Lipinski definition) is 7. The maximum atomic E-state index is 11.0. The summed E-state index contributed by atoms with van der Waals surface area (Å²) >= 11 is 0. The van der Waals surface area contributed by atoms with Gasteiger partial charge in [-0.2, -0.15) is 0 Å². The van der Waals surface area contributed by atoms with Crippen molar-refractivity contribution in [1.29, 1.82) is 0 Å². The van der Waals surface area contributed by atoms with E-state index in [1.807, 2.05) is 0 Å². The average Bonchev–Trinajstić information content (AvgIpc) is 2.94. The summed E-state index contributed by atoms with van der Waals surface area (Å²) in [7, 11) is 0. The maximum Gasteiger partial charge on any atom is 0.346 e. The van der Waals surface area contributed by atoms with Crippen molar-refractivity contribution in [1.82, 2.24) is 0 Å². The van der Waals surface area contributed by atoms with Crippen molar-refractivity contribution in [3.63, 3.8) is 0 Å². The van der Waals surface area contributed by atoms with Gasteiger partial charge in [0.25, 0.3) is 0 Å². The van der Waals surface area contributed by atoms with E-state index in [1.54, 1.807) is 0 Å². The number of esters is 4. The number of cyclic esters (lactones) is 4. The molecule has 0 radical (unpaired) electrons. The Labute approximate surface area is 117 Å². The largest absolute Gasteiger partial charge is 0.478 e. The van der Waals surface area contributed by atoms with Gasteiger partial charge in [0.05, 0.1) is 29.5 Å². The zero-order valence-corrected chi connectivity index (χ0v) is 10.5. The van der Waals surface area contributed by atoms with Crippen molar-refractivity contribution in [2.24, 2.45) is 0 Å². The average molecular weight is 292 g/mol. The zero-order chi connectivity index (χ0) is 15.6. The fourth-order valence-electron chi connectivity index (χ4n) is 1.65. The van der Waals surface area contributed by atoms with Gasteiger partial charge in [0.2, 0.25) is 0 Å². The standard InChI is InChI=1S/C9H4O5.C4H4O3/c10-7(11)4-1-2-5-6(3-4)9(13)14-8(5)12;5-3-1-2-4(6)7-3/h1-3H,(H,10,11);1-2H2. The third kappa shape index (κ3) is 3.11. The second-order valence-electron chi connectivity index (χ2n) is 4.09. The van der Waals surface area contributed by atoms with E-state index in [4.69, 9.17) is 5.11 Å². The minimum atomic E-state index is -1.15. The van der Waals surface area contributed by atoms with Gasteiger partial charge in [0.15, 0.2) is 0 Å². The van der Waals surface area contributed by atoms with E-state index in [9.17, 15) is 24.0 Å². The smallest absolute Gasteiger partial charge is 0.346 e. The number of carbonyl (C=O) groups excluding carboxylic acids is 4. The third-order valence-electron chi connectivity index (χ3n) is 2.65. The Hall–Kier alpha value is -3.03. The first-order valence-corrected chi connectivity index (χ1v) is 5.76. The Morgan fingerprint density at radius 2 is 1.48 bits per heavy atom. The molecule has 1 fully saturated rings. The third-order valence-corrected chi connectivity index (χ3v) is 2.65. The molecule has 1 saturated heterocycles. The number of benzene rings is 1. The van der Waals surface area contributed by atoms with E-state index >= 15 is 0 Å². The summed E-state index contributed by atoms with van der Waals surface area (Å²) < 4.78 is 8.38. The molecule has 21 heavy (non-hydrogen) atoms. The van der Waals surface area contributed by atoms with Crippen molar-refractivity contribution >= 4 is 29.8 Å². The molecule has 0 bridgehead atoms. The molecule has 8 heteroatoms. The fourth-order valence-corrected chi connectivity index (χ4v) is 1.65. The van der Waals surface area contributed by atoms with Gasteiger partial charge in [-0.3, -0.25) is 9.59 Å². The lowest BCUT2D eigenvalue weighted by Gasteiger charge is -1.94. The van der Waals surface area contributed by atoms with Gasteiger partial charge in [0, 0.05) is 0 Å². The highest BCUT2D eigenvalue weighted by Gasteiger charge is 2.30. The van der Waals surface area contributed by atoms with Crippen LogP contribution in [0.15, 0.2) is 18.2 Å². The summed E-state index contributed by atoms with van der Waals surface area (Å²) in [6.07, 6.45) is 0.525. The number of hydrogen-bond donors (Lipinski definition) is 1. The molecule has 2 aliphatic heterocycles. The van der Waals surface area contributed by atoms with Gasteiger partial charge in [-0.05, 0) is 18.2 Å². The molecule has 3 rings (SSSR count). The Morgan fingerprint density at radius 3 is 1.95 bits per heavy atom. The van der Waals surface area contributed by atoms with Crippen LogP contribution in [0.2, 0.25) is 0 Å². The van der Waals surface area contributed by atoms with Crippen molar-refractivity contribution in [3.8, 4) is 0 Å². The normalized spacial score (nSPS) is 15.8. The summed E-state index contributed by atoms with van der Waals surface area (Å²) in [4.78, 5) is 52.6. The predicted molar refractivity (Wildman–Crippen MR) is 63.5 cm³/mol. The molecule has 0 aromatic heterocycles. The van der Waals surface area contributed by atoms with Crippen molar-refractivity contribution in [3.05, 3.63) is 34.9 Å². The summed E-state index contributed by atoms with van der Waals surface area (Å²) in [5.41, 5.74) is 0.0744. The second kappa shape index (κ2) is 5.53. The first kappa shape index (κ1) is 14.4. The highest BCUT2D eigenvalue weighted by molar-refractivity contribution is 6.15. The van der Waals surface area contributed by atoms with Crippen LogP contribution in [0.1, 0.15) is 43.9 Å². The minimum Gasteiger partial charge on any atom is -0.478 e. The van der Waals surface area contributed by atoms with Crippen molar-refractivity contribution < 1.29 is 38.6 Å². The SMILES string of the molecule is O=C(O)c1ccc2c(c1)C(=O)OC2=O.O=C1CCC(=O)O1. The van der Waals surface area contributed by atoms with Crippen LogP contribution in [0.5, 0.6) is 0 Å². The molecule has 0 amide bonds. The van der Waals surface area contributed by atoms with Crippen LogP contribution in [-0.2, 0) is 19.1 Å². The first-order chi connectivity index (χ1) is 9.88. The molecule has 8 nitrogen and oxygen atoms in total. The van der Waals surface area contributed by atoms with E-state index in [1.165, 1.54) is 12.1 Å². The summed E-state index contributed by atoms with van der Waals surface area (Å²) in [5, 5.41) is 8.63. The number of fused-ring (bicyclic) bond motifs is 1. The summed E-state index contributed by atoms with van der Waals surface area (Å²) in [6, 6.07) is 3.65. The van der Waals surface area contributed by atoms with Gasteiger partial charge in [-0.1, -0.05) is 0 Å². The van der Waals surface area contributed by atoms with Gasteiger partial charge >= 0.3 is 29.8 Å². The number of carbonyl (C=O) groups is 5. The molecule has 1 aromatic rings. The maximum absolute atomic E-state index is 11.0. The summed E-state index contributed by atoms with van der Waals surface area (Å²) in [6.45, 7) is 0. The van der Waals surface area contributed by atoms with E-state index in [-0.39, 0.29) is 29.5 Å². The molecule has 1 N–H and O–H groups in total. The lowest BCUT2D eigenvalue weighted by Crippen LogP contribution is -2.00. The Balaban J connectivity index is 0.000000194. The highest BCUT2D eigenvalue weighted by atomic mass is 16.6. The minimum absolute atomic E-state index is 0.00917. The molecule has 0 spiro atoms. The number of aromatic carboxylic acids is 1. The van der Waals surface area contributed by atoms with E-state index in [0.717, 1.165) is 6.07 Å². The molecular formula is C13H8O8.